The number of rotatable bonds is 3. The average Bonchev–Trinajstić information content (AvgIpc) is 2.97. The van der Waals surface area contributed by atoms with Gasteiger partial charge in [-0.25, -0.2) is 9.18 Å². The second-order valence-corrected chi connectivity index (χ2v) is 9.04. The van der Waals surface area contributed by atoms with Crippen molar-refractivity contribution in [2.45, 2.75) is 40.0 Å². The molecule has 0 saturated heterocycles. The second kappa shape index (κ2) is 7.43. The number of carbonyl (C=O) groups excluding carboxylic acids is 2. The zero-order valence-electron chi connectivity index (χ0n) is 16.0. The number of hydrogen-bond acceptors (Lipinski definition) is 4. The van der Waals surface area contributed by atoms with Crippen LogP contribution in [-0.2, 0) is 17.6 Å². The van der Waals surface area contributed by atoms with Crippen molar-refractivity contribution in [1.82, 2.24) is 0 Å². The number of ether oxygens (including phenoxy) is 1. The number of hydrogen-bond donors (Lipinski definition) is 1. The number of halogens is 1. The van der Waals surface area contributed by atoms with E-state index in [1.54, 1.807) is 6.07 Å². The Labute approximate surface area is 162 Å². The monoisotopic (exact) mass is 389 g/mol. The molecule has 0 spiro atoms. The minimum Gasteiger partial charge on any atom is -0.465 e. The van der Waals surface area contributed by atoms with Gasteiger partial charge in [-0.2, -0.15) is 0 Å². The quantitative estimate of drug-likeness (QED) is 0.745. The van der Waals surface area contributed by atoms with Crippen molar-refractivity contribution in [2.75, 3.05) is 12.4 Å². The number of thiophene rings is 1. The molecule has 3 rings (SSSR count). The standard InChI is InChI=1S/C21H24FNO3S/c1-21(2,3)12-9-10-14-16(11-12)27-19(17(14)20(25)26-4)23-18(24)13-7-5-6-8-15(13)22/h5-8,12H,9-11H2,1-4H3,(H,23,24). The Bertz CT molecular complexity index is 882. The van der Waals surface area contributed by atoms with Crippen LogP contribution >= 0.6 is 11.3 Å². The van der Waals surface area contributed by atoms with Crippen LogP contribution in [0.4, 0.5) is 9.39 Å². The fraction of sp³-hybridized carbons (Fsp3) is 0.429. The van der Waals surface area contributed by atoms with Crippen LogP contribution in [0, 0.1) is 17.2 Å². The third-order valence-electron chi connectivity index (χ3n) is 5.23. The summed E-state index contributed by atoms with van der Waals surface area (Å²) in [5.41, 5.74) is 1.49. The zero-order valence-corrected chi connectivity index (χ0v) is 16.8. The molecule has 144 valence electrons. The van der Waals surface area contributed by atoms with Crippen molar-refractivity contribution in [3.8, 4) is 0 Å². The molecule has 1 aliphatic carbocycles. The number of methoxy groups -OCH3 is 1. The number of esters is 1. The molecule has 0 bridgehead atoms. The Kier molecular flexibility index (Phi) is 5.38. The van der Waals surface area contributed by atoms with E-state index in [1.807, 2.05) is 0 Å². The van der Waals surface area contributed by atoms with Crippen molar-refractivity contribution in [3.05, 3.63) is 51.7 Å². The number of nitrogens with one attached hydrogen (secondary N) is 1. The SMILES string of the molecule is COC(=O)c1c(NC(=O)c2ccccc2F)sc2c1CCC(C(C)(C)C)C2. The molecule has 1 aromatic heterocycles. The van der Waals surface area contributed by atoms with Crippen LogP contribution in [-0.4, -0.2) is 19.0 Å². The van der Waals surface area contributed by atoms with Gasteiger partial charge in [0.05, 0.1) is 18.2 Å². The molecule has 1 N–H and O–H groups in total. The highest BCUT2D eigenvalue weighted by molar-refractivity contribution is 7.17. The lowest BCUT2D eigenvalue weighted by atomic mass is 9.72. The highest BCUT2D eigenvalue weighted by atomic mass is 32.1. The molecule has 1 amide bonds. The van der Waals surface area contributed by atoms with Gasteiger partial charge in [-0.15, -0.1) is 11.3 Å². The molecule has 27 heavy (non-hydrogen) atoms. The van der Waals surface area contributed by atoms with E-state index in [-0.39, 0.29) is 11.0 Å². The van der Waals surface area contributed by atoms with Gasteiger partial charge in [-0.1, -0.05) is 32.9 Å². The summed E-state index contributed by atoms with van der Waals surface area (Å²) in [7, 11) is 1.33. The molecule has 0 fully saturated rings. The fourth-order valence-electron chi connectivity index (χ4n) is 3.55. The van der Waals surface area contributed by atoms with E-state index in [0.29, 0.717) is 16.5 Å². The summed E-state index contributed by atoms with van der Waals surface area (Å²) in [6.07, 6.45) is 2.62. The first kappa shape index (κ1) is 19.5. The van der Waals surface area contributed by atoms with E-state index >= 15 is 0 Å². The van der Waals surface area contributed by atoms with Gasteiger partial charge in [0.2, 0.25) is 0 Å². The summed E-state index contributed by atoms with van der Waals surface area (Å²) in [6.45, 7) is 6.66. The first-order chi connectivity index (χ1) is 12.7. The minimum absolute atomic E-state index is 0.0488. The molecule has 1 atom stereocenters. The van der Waals surface area contributed by atoms with Crippen LogP contribution in [0.3, 0.4) is 0 Å². The third kappa shape index (κ3) is 3.90. The van der Waals surface area contributed by atoms with Crippen molar-refractivity contribution in [3.63, 3.8) is 0 Å². The topological polar surface area (TPSA) is 55.4 Å². The number of carbonyl (C=O) groups is 2. The summed E-state index contributed by atoms with van der Waals surface area (Å²) in [5.74, 6) is -1.12. The van der Waals surface area contributed by atoms with E-state index in [9.17, 15) is 14.0 Å². The Morgan fingerprint density at radius 2 is 1.96 bits per heavy atom. The van der Waals surface area contributed by atoms with Gasteiger partial charge >= 0.3 is 5.97 Å². The van der Waals surface area contributed by atoms with E-state index < -0.39 is 17.7 Å². The van der Waals surface area contributed by atoms with E-state index in [1.165, 1.54) is 36.6 Å². The Morgan fingerprint density at radius 3 is 2.59 bits per heavy atom. The number of anilines is 1. The van der Waals surface area contributed by atoms with Gasteiger partial charge in [0.25, 0.3) is 5.91 Å². The van der Waals surface area contributed by atoms with Gasteiger partial charge in [-0.3, -0.25) is 4.79 Å². The smallest absolute Gasteiger partial charge is 0.341 e. The third-order valence-corrected chi connectivity index (χ3v) is 6.39. The highest BCUT2D eigenvalue weighted by Crippen LogP contribution is 2.44. The molecule has 2 aromatic rings. The number of fused-ring (bicyclic) bond motifs is 1. The molecule has 0 saturated carbocycles. The lowest BCUT2D eigenvalue weighted by Gasteiger charge is -2.33. The van der Waals surface area contributed by atoms with Crippen molar-refractivity contribution in [2.24, 2.45) is 11.3 Å². The van der Waals surface area contributed by atoms with E-state index in [4.69, 9.17) is 4.74 Å². The fourth-order valence-corrected chi connectivity index (χ4v) is 4.86. The van der Waals surface area contributed by atoms with Crippen LogP contribution in [0.2, 0.25) is 0 Å². The first-order valence-electron chi connectivity index (χ1n) is 9.01. The summed E-state index contributed by atoms with van der Waals surface area (Å²) >= 11 is 1.40. The highest BCUT2D eigenvalue weighted by Gasteiger charge is 2.34. The van der Waals surface area contributed by atoms with Crippen LogP contribution in [0.1, 0.15) is 58.3 Å². The lowest BCUT2D eigenvalue weighted by molar-refractivity contribution is 0.0600. The molecule has 0 aliphatic heterocycles. The minimum atomic E-state index is -0.594. The maximum absolute atomic E-state index is 13.9. The maximum Gasteiger partial charge on any atom is 0.341 e. The van der Waals surface area contributed by atoms with Crippen LogP contribution in [0.25, 0.3) is 0 Å². The lowest BCUT2D eigenvalue weighted by Crippen LogP contribution is -2.26. The summed E-state index contributed by atoms with van der Waals surface area (Å²) in [5, 5.41) is 3.17. The van der Waals surface area contributed by atoms with Crippen molar-refractivity contribution >= 4 is 28.2 Å². The zero-order chi connectivity index (χ0) is 19.8. The molecule has 1 heterocycles. The van der Waals surface area contributed by atoms with Gasteiger partial charge in [-0.05, 0) is 48.3 Å². The van der Waals surface area contributed by atoms with Crippen LogP contribution < -0.4 is 5.32 Å². The summed E-state index contributed by atoms with van der Waals surface area (Å²) < 4.78 is 18.9. The number of amides is 1. The van der Waals surface area contributed by atoms with Gasteiger partial charge < -0.3 is 10.1 Å². The molecule has 1 aromatic carbocycles. The van der Waals surface area contributed by atoms with Gasteiger partial charge in [0, 0.05) is 4.88 Å². The largest absolute Gasteiger partial charge is 0.465 e. The summed E-state index contributed by atoms with van der Waals surface area (Å²) in [4.78, 5) is 26.0. The number of benzene rings is 1. The van der Waals surface area contributed by atoms with Crippen molar-refractivity contribution < 1.29 is 18.7 Å². The van der Waals surface area contributed by atoms with Gasteiger partial charge in [0.15, 0.2) is 0 Å². The molecular weight excluding hydrogens is 365 g/mol. The van der Waals surface area contributed by atoms with Crippen LogP contribution in [0.15, 0.2) is 24.3 Å². The Balaban J connectivity index is 1.96. The Hall–Kier alpha value is -2.21. The molecule has 1 unspecified atom stereocenters. The molecule has 0 radical (unpaired) electrons. The first-order valence-corrected chi connectivity index (χ1v) is 9.82. The molecular formula is C21H24FNO3S. The van der Waals surface area contributed by atoms with E-state index in [2.05, 4.69) is 26.1 Å². The average molecular weight is 389 g/mol. The normalized spacial score (nSPS) is 16.6. The summed E-state index contributed by atoms with van der Waals surface area (Å²) in [6, 6.07) is 5.80. The predicted octanol–water partition coefficient (Wildman–Crippen LogP) is 5.08. The van der Waals surface area contributed by atoms with Gasteiger partial charge in [0.1, 0.15) is 10.8 Å². The second-order valence-electron chi connectivity index (χ2n) is 7.94. The van der Waals surface area contributed by atoms with Crippen LogP contribution in [0.5, 0.6) is 0 Å². The molecule has 1 aliphatic rings. The Morgan fingerprint density at radius 1 is 1.26 bits per heavy atom. The maximum atomic E-state index is 13.9. The van der Waals surface area contributed by atoms with Crippen molar-refractivity contribution in [1.29, 1.82) is 0 Å². The molecule has 4 nitrogen and oxygen atoms in total. The van der Waals surface area contributed by atoms with E-state index in [0.717, 1.165) is 29.7 Å². The molecule has 6 heteroatoms. The predicted molar refractivity (Wildman–Crippen MR) is 105 cm³/mol.